The lowest BCUT2D eigenvalue weighted by molar-refractivity contribution is -0.195. The summed E-state index contributed by atoms with van der Waals surface area (Å²) in [5, 5.41) is 17.8. The number of amides is 4. The molecular weight excluding hydrogens is 823 g/mol. The number of carbonyl (C=O) groups excluding carboxylic acids is 8. The first-order valence-electron chi connectivity index (χ1n) is 16.0. The Balaban J connectivity index is -0.0000000364. The van der Waals surface area contributed by atoms with Crippen LogP contribution in [0.2, 0.25) is 0 Å². The first-order valence-corrected chi connectivity index (χ1v) is 16.4. The number of ketones is 2. The van der Waals surface area contributed by atoms with Crippen molar-refractivity contribution in [3.8, 4) is 0 Å². The third-order valence-electron chi connectivity index (χ3n) is 5.85. The lowest BCUT2D eigenvalue weighted by Gasteiger charge is -2.12. The van der Waals surface area contributed by atoms with E-state index in [-0.39, 0.29) is 146 Å². The molecule has 2 saturated heterocycles. The van der Waals surface area contributed by atoms with Crippen molar-refractivity contribution in [1.82, 2.24) is 10.1 Å². The second-order valence-electron chi connectivity index (χ2n) is 10.6. The fraction of sp³-hybridized carbons (Fsp3) is 0.689. The second-order valence-corrected chi connectivity index (χ2v) is 10.6. The molecule has 0 aromatic heterocycles. The number of nitrogens with zero attached hydrogens (tertiary/aromatic N) is 2. The number of aliphatic hydroxyl groups is 2. The van der Waals surface area contributed by atoms with E-state index < -0.39 is 35.8 Å². The predicted octanol–water partition coefficient (Wildman–Crippen LogP) is 10.5. The van der Waals surface area contributed by atoms with Gasteiger partial charge in [-0.1, -0.05) is 125 Å². The summed E-state index contributed by atoms with van der Waals surface area (Å²) >= 11 is 1.000. The summed E-state index contributed by atoms with van der Waals surface area (Å²) in [6.07, 6.45) is 5.44. The van der Waals surface area contributed by atoms with Gasteiger partial charge in [-0.25, -0.2) is 9.59 Å². The van der Waals surface area contributed by atoms with Gasteiger partial charge in [0.25, 0.3) is 23.6 Å². The third kappa shape index (κ3) is 57.9. The third-order valence-corrected chi connectivity index (χ3v) is 5.85. The molecule has 2 rings (SSSR count). The molecule has 0 aromatic rings. The summed E-state index contributed by atoms with van der Waals surface area (Å²) in [7, 11) is 0. The molecule has 2 heterocycles. The second kappa shape index (κ2) is 63.4. The maximum atomic E-state index is 11.3. The van der Waals surface area contributed by atoms with Gasteiger partial charge in [-0.2, -0.15) is 12.5 Å². The van der Waals surface area contributed by atoms with Crippen molar-refractivity contribution in [2.24, 2.45) is 5.73 Å². The van der Waals surface area contributed by atoms with E-state index in [9.17, 15) is 38.4 Å². The Bertz CT molecular complexity index is 1180. The number of thiol groups is 1. The van der Waals surface area contributed by atoms with Crippen molar-refractivity contribution in [2.75, 3.05) is 32.6 Å². The number of aliphatic hydroxyl groups excluding tert-OH is 2. The highest BCUT2D eigenvalue weighted by molar-refractivity contribution is 7.79. The van der Waals surface area contributed by atoms with Crippen molar-refractivity contribution < 1.29 is 63.0 Å². The van der Waals surface area contributed by atoms with E-state index in [4.69, 9.17) is 21.8 Å². The van der Waals surface area contributed by atoms with Gasteiger partial charge in [0.15, 0.2) is 0 Å². The van der Waals surface area contributed by atoms with Crippen molar-refractivity contribution in [3.63, 3.8) is 0 Å². The fourth-order valence-electron chi connectivity index (χ4n) is 3.32. The topological polar surface area (TPSA) is 237 Å². The Kier molecular flexibility index (Phi) is 99.5. The Morgan fingerprint density at radius 2 is 0.887 bits per heavy atom. The number of rotatable bonds is 16. The summed E-state index contributed by atoms with van der Waals surface area (Å²) < 4.78 is 10.9. The lowest BCUT2D eigenvalue weighted by atomic mass is 10.1. The summed E-state index contributed by atoms with van der Waals surface area (Å²) in [6.45, 7) is 15.7. The van der Waals surface area contributed by atoms with Crippen LogP contribution < -0.4 is 5.73 Å². The number of Topliss-reactive ketones (excluding diaryl/α,β-unsaturated/α-hetero) is 2. The van der Waals surface area contributed by atoms with E-state index in [0.717, 1.165) is 49.9 Å². The van der Waals surface area contributed by atoms with Crippen LogP contribution in [0.25, 0.3) is 0 Å². The van der Waals surface area contributed by atoms with Crippen LogP contribution in [0.15, 0.2) is 36.5 Å². The van der Waals surface area contributed by atoms with Gasteiger partial charge in [-0.05, 0) is 64.3 Å². The molecule has 0 bridgehead atoms. The van der Waals surface area contributed by atoms with Crippen LogP contribution in [0, 0.1) is 0 Å². The number of imide groups is 2. The molecule has 4 amide bonds. The Morgan fingerprint density at radius 1 is 0.597 bits per heavy atom. The zero-order chi connectivity index (χ0) is 39.9. The van der Waals surface area contributed by atoms with Crippen LogP contribution in [0.5, 0.6) is 0 Å². The maximum Gasteiger partial charge on any atom is 0.534 e. The molecule has 2 aliphatic heterocycles. The fourth-order valence-corrected chi connectivity index (χ4v) is 3.32. The van der Waals surface area contributed by atoms with E-state index in [1.54, 1.807) is 13.2 Å². The van der Waals surface area contributed by atoms with Gasteiger partial charge in [0.1, 0.15) is 19.3 Å². The highest BCUT2D eigenvalue weighted by Gasteiger charge is 2.33. The molecule has 0 unspecified atom stereocenters. The van der Waals surface area contributed by atoms with Crippen molar-refractivity contribution >= 4 is 59.9 Å². The molecule has 0 spiro atoms. The standard InChI is InChI=1S/C13H17NO6.C8H14O2.C6H7NO4.C5H11NO.CH4S.12CH4/c1-9(4-3-5-10(2)15)8-19-13(18)20-14-11(16)6-7-12(14)17;1-7(6-9)4-3-5-8(2)10;1-4(8)11-7-5(9)2-3-6(7)10;1-5(4-7)2-3-6;1-2;;;;;;;;;;;;/h1,3-8H2,2H3;9H,1,3-6H2,2H3;2-3H2,1H3;7H,1-4,6H2;2H,1H3;12*1H4/i/hD. The Hall–Kier alpha value is -4.19. The average molecular weight is 925 g/mol. The summed E-state index contributed by atoms with van der Waals surface area (Å²) in [4.78, 5) is 95.5. The van der Waals surface area contributed by atoms with Crippen molar-refractivity contribution in [2.45, 2.75) is 181 Å². The molecule has 4 N–H and O–H groups in total. The molecule has 2 aliphatic rings. The van der Waals surface area contributed by atoms with Gasteiger partial charge in [0.05, 0.1) is 13.2 Å². The zero-order valence-corrected chi connectivity index (χ0v) is 30.3. The SMILES string of the molecule is C.C.C.C.C.C.C.C.C.C.C.C.C=C(CCCC(C)=O)COC(=O)ON1C(=O)CCC1=O.C=C(CO)CCCC(C)=O.C=C(CO)CCN.CC(=O)ON1C(=O)CCC1=O.[2H]SC. The van der Waals surface area contributed by atoms with E-state index in [2.05, 4.69) is 29.4 Å². The minimum absolute atomic E-state index is 0. The van der Waals surface area contributed by atoms with Gasteiger partial charge in [-0.3, -0.25) is 24.0 Å². The molecule has 0 radical (unpaired) electrons. The van der Waals surface area contributed by atoms with Crippen LogP contribution in [0.4, 0.5) is 4.79 Å². The molecule has 16 nitrogen and oxygen atoms in total. The molecular formula is C45H101N3O13S. The van der Waals surface area contributed by atoms with Gasteiger partial charge >= 0.3 is 12.1 Å². The monoisotopic (exact) mass is 925 g/mol. The number of nitrogens with two attached hydrogens (primary N) is 1. The first-order chi connectivity index (χ1) is 23.9. The normalized spacial score (nSPS) is 10.5. The summed E-state index contributed by atoms with van der Waals surface area (Å²) in [5.41, 5.74) is 7.37. The molecule has 0 aliphatic carbocycles. The highest BCUT2D eigenvalue weighted by Crippen LogP contribution is 2.14. The molecule has 2 fully saturated rings. The molecule has 0 saturated carbocycles. The largest absolute Gasteiger partial charge is 0.534 e. The highest BCUT2D eigenvalue weighted by atomic mass is 32.1. The van der Waals surface area contributed by atoms with E-state index in [0.29, 0.717) is 47.9 Å². The smallest absolute Gasteiger partial charge is 0.428 e. The number of hydrogen-bond acceptors (Lipinski definition) is 15. The number of hydrogen-bond donors (Lipinski definition) is 4. The van der Waals surface area contributed by atoms with Crippen LogP contribution in [0.3, 0.4) is 0 Å². The molecule has 0 atom stereocenters. The van der Waals surface area contributed by atoms with Gasteiger partial charge in [0, 0.05) is 45.4 Å². The zero-order valence-electron chi connectivity index (χ0n) is 30.5. The summed E-state index contributed by atoms with van der Waals surface area (Å²) in [6, 6.07) is 0. The van der Waals surface area contributed by atoms with Crippen LogP contribution in [0.1, 0.15) is 181 Å². The van der Waals surface area contributed by atoms with E-state index >= 15 is 0 Å². The number of ether oxygens (including phenoxy) is 1. The Labute approximate surface area is 388 Å². The molecule has 17 heteroatoms. The van der Waals surface area contributed by atoms with Crippen LogP contribution in [-0.4, -0.2) is 101 Å². The number of carbonyl (C=O) groups is 8. The summed E-state index contributed by atoms with van der Waals surface area (Å²) in [5.74, 6) is -2.40. The van der Waals surface area contributed by atoms with Gasteiger partial charge in [-0.15, -0.1) is 5.06 Å². The molecule has 0 aromatic carbocycles. The van der Waals surface area contributed by atoms with Crippen molar-refractivity contribution in [3.05, 3.63) is 36.5 Å². The molecule has 62 heavy (non-hydrogen) atoms. The maximum absolute atomic E-state index is 11.3. The van der Waals surface area contributed by atoms with E-state index in [1.165, 1.54) is 6.92 Å². The van der Waals surface area contributed by atoms with Gasteiger partial charge in [0.2, 0.25) is 0 Å². The van der Waals surface area contributed by atoms with E-state index in [1.807, 2.05) is 0 Å². The average Bonchev–Trinajstić information content (AvgIpc) is 3.54. The Morgan fingerprint density at radius 3 is 1.15 bits per heavy atom. The minimum atomic E-state index is -1.12. The van der Waals surface area contributed by atoms with Crippen LogP contribution in [-0.2, 0) is 48.0 Å². The first kappa shape index (κ1) is 97.2. The minimum Gasteiger partial charge on any atom is -0.428 e. The quantitative estimate of drug-likeness (QED) is 0.0488. The molecule has 380 valence electrons. The lowest BCUT2D eigenvalue weighted by Crippen LogP contribution is -2.32. The van der Waals surface area contributed by atoms with Crippen molar-refractivity contribution in [1.29, 1.82) is 1.12 Å². The van der Waals surface area contributed by atoms with Gasteiger partial charge < -0.3 is 35.1 Å². The van der Waals surface area contributed by atoms with Crippen LogP contribution >= 0.6 is 12.5 Å². The predicted molar refractivity (Wildman–Crippen MR) is 266 cm³/mol. The number of hydroxylamine groups is 4.